The lowest BCUT2D eigenvalue weighted by molar-refractivity contribution is 0.198. The zero-order valence-electron chi connectivity index (χ0n) is 16.5. The number of para-hydroxylation sites is 1. The molecule has 0 spiro atoms. The number of halogens is 2. The maximum atomic E-state index is 6.15. The van der Waals surface area contributed by atoms with Gasteiger partial charge in [0.15, 0.2) is 0 Å². The minimum absolute atomic E-state index is 0.579. The van der Waals surface area contributed by atoms with Crippen LogP contribution in [0.15, 0.2) is 42.5 Å². The van der Waals surface area contributed by atoms with Crippen molar-refractivity contribution in [3.8, 4) is 0 Å². The number of nitrogens with zero attached hydrogens (tertiary/aromatic N) is 3. The maximum Gasteiger partial charge on any atom is 0.225 e. The van der Waals surface area contributed by atoms with Gasteiger partial charge < -0.3 is 15.5 Å². The standard InChI is InChI=1S/C22H25Cl2N5/c1-2-29-9-7-15(8-10-29)14-25-22-27-20-6-4-3-5-19(20)21(28-22)26-18-12-16(23)11-17(24)13-18/h3-6,11-13,15H,2,7-10,14H2,1H3,(H2,25,26,27,28). The zero-order chi connectivity index (χ0) is 20.2. The number of piperidine rings is 1. The van der Waals surface area contributed by atoms with E-state index in [1.165, 1.54) is 25.9 Å². The van der Waals surface area contributed by atoms with E-state index >= 15 is 0 Å². The van der Waals surface area contributed by atoms with Gasteiger partial charge in [0.25, 0.3) is 0 Å². The summed E-state index contributed by atoms with van der Waals surface area (Å²) in [6.45, 7) is 6.59. The highest BCUT2D eigenvalue weighted by Crippen LogP contribution is 2.29. The van der Waals surface area contributed by atoms with E-state index in [0.717, 1.165) is 35.5 Å². The van der Waals surface area contributed by atoms with E-state index in [9.17, 15) is 0 Å². The summed E-state index contributed by atoms with van der Waals surface area (Å²) >= 11 is 12.3. The van der Waals surface area contributed by atoms with Crippen LogP contribution in [0.3, 0.4) is 0 Å². The summed E-state index contributed by atoms with van der Waals surface area (Å²) in [4.78, 5) is 11.9. The van der Waals surface area contributed by atoms with Crippen LogP contribution in [-0.2, 0) is 0 Å². The Morgan fingerprint density at radius 1 is 1.03 bits per heavy atom. The van der Waals surface area contributed by atoms with Crippen LogP contribution in [0.5, 0.6) is 0 Å². The monoisotopic (exact) mass is 429 g/mol. The molecular formula is C22H25Cl2N5. The molecule has 2 heterocycles. The second-order valence-electron chi connectivity index (χ2n) is 7.45. The van der Waals surface area contributed by atoms with Crippen LogP contribution in [0, 0.1) is 5.92 Å². The fourth-order valence-corrected chi connectivity index (χ4v) is 4.28. The highest BCUT2D eigenvalue weighted by atomic mass is 35.5. The first-order chi connectivity index (χ1) is 14.1. The van der Waals surface area contributed by atoms with Crippen molar-refractivity contribution >= 4 is 51.6 Å². The third-order valence-electron chi connectivity index (χ3n) is 5.43. The Balaban J connectivity index is 1.54. The molecule has 2 N–H and O–H groups in total. The maximum absolute atomic E-state index is 6.15. The van der Waals surface area contributed by atoms with Crippen LogP contribution in [-0.4, -0.2) is 41.0 Å². The van der Waals surface area contributed by atoms with Gasteiger partial charge in [-0.3, -0.25) is 0 Å². The first-order valence-electron chi connectivity index (χ1n) is 10.1. The molecule has 1 aromatic heterocycles. The molecule has 0 unspecified atom stereocenters. The Morgan fingerprint density at radius 2 is 1.76 bits per heavy atom. The number of hydrogen-bond donors (Lipinski definition) is 2. The number of rotatable bonds is 6. The van der Waals surface area contributed by atoms with Crippen LogP contribution in [0.25, 0.3) is 10.9 Å². The van der Waals surface area contributed by atoms with Crippen LogP contribution < -0.4 is 10.6 Å². The van der Waals surface area contributed by atoms with Crippen molar-refractivity contribution in [2.75, 3.05) is 36.8 Å². The second kappa shape index (κ2) is 9.16. The van der Waals surface area contributed by atoms with E-state index in [0.29, 0.717) is 21.9 Å². The van der Waals surface area contributed by atoms with E-state index in [1.54, 1.807) is 6.07 Å². The van der Waals surface area contributed by atoms with E-state index < -0.39 is 0 Å². The van der Waals surface area contributed by atoms with Gasteiger partial charge in [0, 0.05) is 27.7 Å². The molecule has 29 heavy (non-hydrogen) atoms. The van der Waals surface area contributed by atoms with Gasteiger partial charge in [0.05, 0.1) is 5.52 Å². The fraction of sp³-hybridized carbons (Fsp3) is 0.364. The minimum atomic E-state index is 0.579. The SMILES string of the molecule is CCN1CCC(CNc2nc(Nc3cc(Cl)cc(Cl)c3)c3ccccc3n2)CC1. The number of fused-ring (bicyclic) bond motifs is 1. The Hall–Kier alpha value is -2.08. The summed E-state index contributed by atoms with van der Waals surface area (Å²) in [7, 11) is 0. The van der Waals surface area contributed by atoms with Gasteiger partial charge >= 0.3 is 0 Å². The quantitative estimate of drug-likeness (QED) is 0.516. The van der Waals surface area contributed by atoms with Gasteiger partial charge in [-0.15, -0.1) is 0 Å². The number of nitrogens with one attached hydrogen (secondary N) is 2. The third kappa shape index (κ3) is 5.10. The highest BCUT2D eigenvalue weighted by molar-refractivity contribution is 6.35. The van der Waals surface area contributed by atoms with E-state index in [1.807, 2.05) is 36.4 Å². The average Bonchev–Trinajstić information content (AvgIpc) is 2.72. The molecular weight excluding hydrogens is 405 g/mol. The van der Waals surface area contributed by atoms with Crippen molar-refractivity contribution in [1.29, 1.82) is 0 Å². The molecule has 0 aliphatic carbocycles. The Labute approximate surface area is 181 Å². The molecule has 2 aromatic carbocycles. The zero-order valence-corrected chi connectivity index (χ0v) is 18.0. The number of aromatic nitrogens is 2. The molecule has 152 valence electrons. The van der Waals surface area contributed by atoms with Crippen LogP contribution in [0.1, 0.15) is 19.8 Å². The molecule has 5 nitrogen and oxygen atoms in total. The number of hydrogen-bond acceptors (Lipinski definition) is 5. The van der Waals surface area contributed by atoms with Crippen molar-refractivity contribution in [3.05, 3.63) is 52.5 Å². The summed E-state index contributed by atoms with van der Waals surface area (Å²) in [5.41, 5.74) is 1.69. The summed E-state index contributed by atoms with van der Waals surface area (Å²) in [6, 6.07) is 13.4. The molecule has 7 heteroatoms. The predicted molar refractivity (Wildman–Crippen MR) is 123 cm³/mol. The lowest BCUT2D eigenvalue weighted by Gasteiger charge is -2.31. The van der Waals surface area contributed by atoms with Gasteiger partial charge in [0.1, 0.15) is 5.82 Å². The van der Waals surface area contributed by atoms with Crippen LogP contribution in [0.2, 0.25) is 10.0 Å². The first-order valence-corrected chi connectivity index (χ1v) is 10.8. The lowest BCUT2D eigenvalue weighted by atomic mass is 9.97. The first kappa shape index (κ1) is 20.2. The topological polar surface area (TPSA) is 53.1 Å². The van der Waals surface area contributed by atoms with Gasteiger partial charge in [-0.25, -0.2) is 4.98 Å². The van der Waals surface area contributed by atoms with E-state index in [-0.39, 0.29) is 0 Å². The van der Waals surface area contributed by atoms with Gasteiger partial charge in [-0.05, 0) is 68.7 Å². The molecule has 1 aliphatic heterocycles. The van der Waals surface area contributed by atoms with Crippen LogP contribution >= 0.6 is 23.2 Å². The van der Waals surface area contributed by atoms with Crippen molar-refractivity contribution < 1.29 is 0 Å². The van der Waals surface area contributed by atoms with Gasteiger partial charge in [-0.2, -0.15) is 4.98 Å². The summed E-state index contributed by atoms with van der Waals surface area (Å²) < 4.78 is 0. The number of anilines is 3. The van der Waals surface area contributed by atoms with Crippen molar-refractivity contribution in [1.82, 2.24) is 14.9 Å². The smallest absolute Gasteiger partial charge is 0.225 e. The normalized spacial score (nSPS) is 15.6. The number of likely N-dealkylation sites (tertiary alicyclic amines) is 1. The second-order valence-corrected chi connectivity index (χ2v) is 8.33. The molecule has 0 radical (unpaired) electrons. The summed E-state index contributed by atoms with van der Waals surface area (Å²) in [5, 5.41) is 8.92. The Bertz CT molecular complexity index is 966. The lowest BCUT2D eigenvalue weighted by Crippen LogP contribution is -2.35. The summed E-state index contributed by atoms with van der Waals surface area (Å²) in [5.74, 6) is 2.02. The predicted octanol–water partition coefficient (Wildman–Crippen LogP) is 5.82. The minimum Gasteiger partial charge on any atom is -0.354 e. The molecule has 1 saturated heterocycles. The molecule has 0 bridgehead atoms. The molecule has 3 aromatic rings. The summed E-state index contributed by atoms with van der Waals surface area (Å²) in [6.07, 6.45) is 2.42. The average molecular weight is 430 g/mol. The van der Waals surface area contributed by atoms with Crippen molar-refractivity contribution in [3.63, 3.8) is 0 Å². The van der Waals surface area contributed by atoms with Crippen molar-refractivity contribution in [2.24, 2.45) is 5.92 Å². The molecule has 0 amide bonds. The largest absolute Gasteiger partial charge is 0.354 e. The van der Waals surface area contributed by atoms with E-state index in [2.05, 4.69) is 22.5 Å². The van der Waals surface area contributed by atoms with Gasteiger partial charge in [-0.1, -0.05) is 42.3 Å². The van der Waals surface area contributed by atoms with E-state index in [4.69, 9.17) is 33.2 Å². The highest BCUT2D eigenvalue weighted by Gasteiger charge is 2.18. The molecule has 4 rings (SSSR count). The molecule has 0 saturated carbocycles. The Morgan fingerprint density at radius 3 is 2.48 bits per heavy atom. The molecule has 0 atom stereocenters. The van der Waals surface area contributed by atoms with Crippen LogP contribution in [0.4, 0.5) is 17.5 Å². The fourth-order valence-electron chi connectivity index (χ4n) is 3.76. The molecule has 1 aliphatic rings. The number of benzene rings is 2. The van der Waals surface area contributed by atoms with Gasteiger partial charge in [0.2, 0.25) is 5.95 Å². The third-order valence-corrected chi connectivity index (χ3v) is 5.87. The Kier molecular flexibility index (Phi) is 6.38. The molecule has 1 fully saturated rings. The van der Waals surface area contributed by atoms with Crippen molar-refractivity contribution in [2.45, 2.75) is 19.8 Å².